The first kappa shape index (κ1) is 17.7. The third kappa shape index (κ3) is 9.34. The zero-order valence-corrected chi connectivity index (χ0v) is 17.2. The topological polar surface area (TPSA) is 27.7 Å². The third-order valence-corrected chi connectivity index (χ3v) is 15.9. The van der Waals surface area contributed by atoms with Gasteiger partial charge in [0.25, 0.3) is 9.28 Å². The summed E-state index contributed by atoms with van der Waals surface area (Å²) in [5, 5.41) is 0. The molecule has 0 aromatic heterocycles. The Hall–Kier alpha value is 0.748. The maximum atomic E-state index is 6.17. The van der Waals surface area contributed by atoms with Crippen molar-refractivity contribution in [1.29, 1.82) is 0 Å². The molecule has 104 valence electrons. The van der Waals surface area contributed by atoms with Gasteiger partial charge in [0.05, 0.1) is 0 Å². The van der Waals surface area contributed by atoms with E-state index >= 15 is 0 Å². The van der Waals surface area contributed by atoms with Gasteiger partial charge in [-0.05, 0) is 58.4 Å². The van der Waals surface area contributed by atoms with Crippen LogP contribution in [0.3, 0.4) is 0 Å². The smallest absolute Gasteiger partial charge is 0.312 e. The van der Waals surface area contributed by atoms with Crippen LogP contribution in [0.1, 0.15) is 6.92 Å². The van der Waals surface area contributed by atoms with E-state index in [4.69, 9.17) is 12.3 Å². The molecule has 0 aliphatic carbocycles. The molecule has 0 aliphatic heterocycles. The van der Waals surface area contributed by atoms with E-state index in [1.54, 1.807) is 0 Å². The van der Waals surface area contributed by atoms with Crippen LogP contribution in [-0.4, -0.2) is 34.5 Å². The average molecular weight is 311 g/mol. The summed E-state index contributed by atoms with van der Waals surface area (Å²) < 4.78 is 18.5. The maximum absolute atomic E-state index is 6.17. The molecule has 0 rings (SSSR count). The van der Waals surface area contributed by atoms with Crippen LogP contribution >= 0.6 is 0 Å². The van der Waals surface area contributed by atoms with Gasteiger partial charge in [-0.15, -0.1) is 0 Å². The van der Waals surface area contributed by atoms with Crippen molar-refractivity contribution in [3.63, 3.8) is 0 Å². The molecule has 0 aromatic carbocycles. The quantitative estimate of drug-likeness (QED) is 0.672. The first-order valence-corrected chi connectivity index (χ1v) is 17.9. The van der Waals surface area contributed by atoms with Crippen LogP contribution in [0.4, 0.5) is 0 Å². The Balaban J connectivity index is 4.32. The maximum Gasteiger partial charge on any atom is 0.312 e. The molecule has 3 nitrogen and oxygen atoms in total. The lowest BCUT2D eigenvalue weighted by molar-refractivity contribution is 0.351. The molecule has 0 saturated carbocycles. The summed E-state index contributed by atoms with van der Waals surface area (Å²) >= 11 is 0. The molecule has 0 amide bonds. The molecule has 0 spiro atoms. The van der Waals surface area contributed by atoms with E-state index in [1.807, 2.05) is 0 Å². The number of rotatable bonds is 7. The van der Waals surface area contributed by atoms with Gasteiger partial charge in [0.2, 0.25) is 0 Å². The molecule has 0 radical (unpaired) electrons. The molecule has 17 heavy (non-hydrogen) atoms. The van der Waals surface area contributed by atoms with Crippen LogP contribution in [0.15, 0.2) is 0 Å². The lowest BCUT2D eigenvalue weighted by Gasteiger charge is -2.35. The van der Waals surface area contributed by atoms with Crippen molar-refractivity contribution in [3.8, 4) is 0 Å². The fourth-order valence-electron chi connectivity index (χ4n) is 1.72. The van der Waals surface area contributed by atoms with E-state index in [2.05, 4.69) is 59.3 Å². The molecule has 1 atom stereocenters. The third-order valence-electron chi connectivity index (χ3n) is 2.34. The molecule has 7 heteroatoms. The highest BCUT2D eigenvalue weighted by atomic mass is 28.5. The van der Waals surface area contributed by atoms with Gasteiger partial charge in [-0.3, -0.25) is 0 Å². The first-order chi connectivity index (χ1) is 7.37. The summed E-state index contributed by atoms with van der Waals surface area (Å²) in [6.45, 7) is 19.8. The number of hydrogen-bond acceptors (Lipinski definition) is 3. The second kappa shape index (κ2) is 6.26. The van der Waals surface area contributed by atoms with E-state index in [0.717, 1.165) is 6.04 Å². The minimum Gasteiger partial charge on any atom is -0.439 e. The molecule has 1 unspecified atom stereocenters. The molecule has 0 aliphatic rings. The second-order valence-corrected chi connectivity index (χ2v) is 21.6. The van der Waals surface area contributed by atoms with Crippen molar-refractivity contribution in [2.75, 3.05) is 0 Å². The van der Waals surface area contributed by atoms with E-state index in [-0.39, 0.29) is 0 Å². The summed E-state index contributed by atoms with van der Waals surface area (Å²) in [5.41, 5.74) is 0. The molecule has 0 N–H and O–H groups in total. The van der Waals surface area contributed by atoms with Gasteiger partial charge in [0.1, 0.15) is 0 Å². The summed E-state index contributed by atoms with van der Waals surface area (Å²) in [5.74, 6) is 0. The fourth-order valence-corrected chi connectivity index (χ4v) is 16.3. The van der Waals surface area contributed by atoms with Crippen LogP contribution in [-0.2, 0) is 12.3 Å². The Morgan fingerprint density at radius 1 is 0.882 bits per heavy atom. The molecule has 0 fully saturated rings. The van der Waals surface area contributed by atoms with Gasteiger partial charge in [-0.2, -0.15) is 0 Å². The van der Waals surface area contributed by atoms with Crippen molar-refractivity contribution in [2.24, 2.45) is 0 Å². The van der Waals surface area contributed by atoms with Crippen LogP contribution in [0, 0.1) is 0 Å². The Bertz CT molecular complexity index is 238. The minimum atomic E-state index is -1.99. The molecular weight excluding hydrogens is 280 g/mol. The predicted molar refractivity (Wildman–Crippen MR) is 85.1 cm³/mol. The van der Waals surface area contributed by atoms with Gasteiger partial charge < -0.3 is 12.3 Å². The Morgan fingerprint density at radius 2 is 1.35 bits per heavy atom. The van der Waals surface area contributed by atoms with Gasteiger partial charge in [-0.25, -0.2) is 0 Å². The molecule has 0 aromatic rings. The van der Waals surface area contributed by atoms with Crippen LogP contribution in [0.2, 0.25) is 58.4 Å². The Labute approximate surface area is 112 Å². The van der Waals surface area contributed by atoms with Gasteiger partial charge in [0.15, 0.2) is 16.6 Å². The highest BCUT2D eigenvalue weighted by Crippen LogP contribution is 2.19. The van der Waals surface area contributed by atoms with E-state index < -0.39 is 34.5 Å². The van der Waals surface area contributed by atoms with Crippen molar-refractivity contribution in [1.82, 2.24) is 0 Å². The zero-order valence-electron chi connectivity index (χ0n) is 13.0. The second-order valence-electron chi connectivity index (χ2n) is 6.53. The first-order valence-electron chi connectivity index (χ1n) is 6.43. The largest absolute Gasteiger partial charge is 0.439 e. The molecule has 0 bridgehead atoms. The summed E-state index contributed by atoms with van der Waals surface area (Å²) in [7, 11) is -6.53. The van der Waals surface area contributed by atoms with Crippen molar-refractivity contribution >= 4 is 34.5 Å². The van der Waals surface area contributed by atoms with E-state index in [9.17, 15) is 0 Å². The summed E-state index contributed by atoms with van der Waals surface area (Å²) in [6.07, 6.45) is 0. The van der Waals surface area contributed by atoms with E-state index in [0.29, 0.717) is 0 Å². The zero-order chi connectivity index (χ0) is 13.9. The number of hydrogen-bond donors (Lipinski definition) is 0. The van der Waals surface area contributed by atoms with Gasteiger partial charge in [0, 0.05) is 0 Å². The van der Waals surface area contributed by atoms with Gasteiger partial charge in [-0.1, -0.05) is 6.92 Å². The average Bonchev–Trinajstić information content (AvgIpc) is 1.96. The molecule has 0 heterocycles. The lowest BCUT2D eigenvalue weighted by atomic mass is 11.0. The lowest BCUT2D eigenvalue weighted by Crippen LogP contribution is -2.50. The summed E-state index contributed by atoms with van der Waals surface area (Å²) in [4.78, 5) is 0. The van der Waals surface area contributed by atoms with Crippen molar-refractivity contribution in [3.05, 3.63) is 0 Å². The SMILES string of the molecule is CC[Si](C)(C)O[SiH](C)O[Si](C)(C)O[Si](C)(C)C. The van der Waals surface area contributed by atoms with Crippen molar-refractivity contribution < 1.29 is 12.3 Å². The van der Waals surface area contributed by atoms with E-state index in [1.165, 1.54) is 0 Å². The summed E-state index contributed by atoms with van der Waals surface area (Å²) in [6, 6.07) is 1.14. The monoisotopic (exact) mass is 310 g/mol. The highest BCUT2D eigenvalue weighted by molar-refractivity contribution is 6.85. The minimum absolute atomic E-state index is 1.14. The molecular formula is C10H30O3Si4. The fraction of sp³-hybridized carbons (Fsp3) is 1.00. The van der Waals surface area contributed by atoms with Crippen LogP contribution < -0.4 is 0 Å². The Kier molecular flexibility index (Phi) is 6.54. The highest BCUT2D eigenvalue weighted by Gasteiger charge is 2.35. The molecule has 0 saturated heterocycles. The van der Waals surface area contributed by atoms with Crippen LogP contribution in [0.25, 0.3) is 0 Å². The van der Waals surface area contributed by atoms with Crippen LogP contribution in [0.5, 0.6) is 0 Å². The van der Waals surface area contributed by atoms with Crippen molar-refractivity contribution in [2.45, 2.75) is 65.3 Å². The Morgan fingerprint density at radius 3 is 1.71 bits per heavy atom. The normalized spacial score (nSPS) is 16.1. The van der Waals surface area contributed by atoms with Gasteiger partial charge >= 0.3 is 8.56 Å². The standard InChI is InChI=1S/C10H30O3Si4/c1-10-16(6,7)11-14(2)12-17(8,9)13-15(3,4)5/h14H,10H2,1-9H3. The predicted octanol–water partition coefficient (Wildman–Crippen LogP) is 3.65.